The first-order valence-electron chi connectivity index (χ1n) is 8.24. The number of aromatic nitrogens is 1. The Morgan fingerprint density at radius 2 is 2.04 bits per heavy atom. The number of urea groups is 1. The number of fused-ring (bicyclic) bond motifs is 1. The Morgan fingerprint density at radius 3 is 2.92 bits per heavy atom. The molecule has 0 saturated heterocycles. The van der Waals surface area contributed by atoms with Crippen molar-refractivity contribution < 1.29 is 4.79 Å². The predicted octanol–water partition coefficient (Wildman–Crippen LogP) is 3.42. The van der Waals surface area contributed by atoms with E-state index in [0.29, 0.717) is 6.54 Å². The highest BCUT2D eigenvalue weighted by Gasteiger charge is 2.21. The van der Waals surface area contributed by atoms with Crippen molar-refractivity contribution >= 4 is 23.6 Å². The van der Waals surface area contributed by atoms with Gasteiger partial charge in [-0.3, -0.25) is 0 Å². The van der Waals surface area contributed by atoms with Gasteiger partial charge in [-0.05, 0) is 36.6 Å². The number of nitrogens with zero attached hydrogens (tertiary/aromatic N) is 1. The van der Waals surface area contributed by atoms with Gasteiger partial charge in [-0.15, -0.1) is 11.8 Å². The van der Waals surface area contributed by atoms with Gasteiger partial charge < -0.3 is 16.0 Å². The molecule has 0 unspecified atom stereocenters. The molecule has 1 atom stereocenters. The van der Waals surface area contributed by atoms with Crippen molar-refractivity contribution in [1.82, 2.24) is 15.6 Å². The van der Waals surface area contributed by atoms with E-state index in [0.717, 1.165) is 31.0 Å². The van der Waals surface area contributed by atoms with Gasteiger partial charge in [0.2, 0.25) is 0 Å². The van der Waals surface area contributed by atoms with E-state index in [1.807, 2.05) is 42.1 Å². The monoisotopic (exact) mass is 342 g/mol. The zero-order valence-corrected chi connectivity index (χ0v) is 14.3. The van der Waals surface area contributed by atoms with E-state index in [1.165, 1.54) is 10.5 Å². The number of anilines is 1. The molecule has 0 radical (unpaired) electrons. The number of thioether (sulfide) groups is 1. The molecule has 3 rings (SSSR count). The molecule has 24 heavy (non-hydrogen) atoms. The highest BCUT2D eigenvalue weighted by atomic mass is 32.2. The summed E-state index contributed by atoms with van der Waals surface area (Å²) in [6, 6.07) is 14.1. The topological polar surface area (TPSA) is 66.0 Å². The van der Waals surface area contributed by atoms with E-state index in [9.17, 15) is 4.79 Å². The summed E-state index contributed by atoms with van der Waals surface area (Å²) in [5.74, 6) is 1.90. The quantitative estimate of drug-likeness (QED) is 0.704. The lowest BCUT2D eigenvalue weighted by Crippen LogP contribution is -2.39. The Kier molecular flexibility index (Phi) is 5.96. The summed E-state index contributed by atoms with van der Waals surface area (Å²) in [7, 11) is 0. The van der Waals surface area contributed by atoms with Gasteiger partial charge in [0.25, 0.3) is 0 Å². The molecule has 0 spiro atoms. The molecule has 1 aromatic heterocycles. The van der Waals surface area contributed by atoms with Crippen LogP contribution in [-0.2, 0) is 0 Å². The highest BCUT2D eigenvalue weighted by molar-refractivity contribution is 7.99. The number of carbonyl (C=O) groups excluding carboxylic acids is 1. The maximum absolute atomic E-state index is 12.1. The van der Waals surface area contributed by atoms with Crippen molar-refractivity contribution in [3.05, 3.63) is 54.2 Å². The predicted molar refractivity (Wildman–Crippen MR) is 98.4 cm³/mol. The second kappa shape index (κ2) is 8.59. The normalized spacial score (nSPS) is 16.1. The SMILES string of the molecule is O=C(NCCCNc1ccccn1)N[C@H]1CCSc2ccccc21. The summed E-state index contributed by atoms with van der Waals surface area (Å²) in [5.41, 5.74) is 1.22. The van der Waals surface area contributed by atoms with E-state index >= 15 is 0 Å². The summed E-state index contributed by atoms with van der Waals surface area (Å²) >= 11 is 1.86. The first kappa shape index (κ1) is 16.6. The lowest BCUT2D eigenvalue weighted by atomic mass is 10.0. The molecule has 0 saturated carbocycles. The third-order valence-corrected chi connectivity index (χ3v) is 5.00. The van der Waals surface area contributed by atoms with E-state index in [-0.39, 0.29) is 12.1 Å². The van der Waals surface area contributed by atoms with Crippen molar-refractivity contribution in [3.63, 3.8) is 0 Å². The largest absolute Gasteiger partial charge is 0.370 e. The molecular weight excluding hydrogens is 320 g/mol. The lowest BCUT2D eigenvalue weighted by molar-refractivity contribution is 0.236. The summed E-state index contributed by atoms with van der Waals surface area (Å²) < 4.78 is 0. The smallest absolute Gasteiger partial charge is 0.315 e. The molecule has 1 aromatic carbocycles. The first-order chi connectivity index (χ1) is 11.8. The Labute approximate surface area is 146 Å². The van der Waals surface area contributed by atoms with Gasteiger partial charge in [-0.25, -0.2) is 9.78 Å². The van der Waals surface area contributed by atoms with Gasteiger partial charge >= 0.3 is 6.03 Å². The van der Waals surface area contributed by atoms with E-state index < -0.39 is 0 Å². The lowest BCUT2D eigenvalue weighted by Gasteiger charge is -2.25. The van der Waals surface area contributed by atoms with Crippen LogP contribution >= 0.6 is 11.8 Å². The van der Waals surface area contributed by atoms with Crippen molar-refractivity contribution in [3.8, 4) is 0 Å². The van der Waals surface area contributed by atoms with Crippen LogP contribution in [0.2, 0.25) is 0 Å². The summed E-state index contributed by atoms with van der Waals surface area (Å²) in [6.07, 6.45) is 3.58. The van der Waals surface area contributed by atoms with E-state index in [2.05, 4.69) is 33.1 Å². The Hall–Kier alpha value is -2.21. The van der Waals surface area contributed by atoms with Crippen LogP contribution < -0.4 is 16.0 Å². The van der Waals surface area contributed by atoms with E-state index in [1.54, 1.807) is 6.20 Å². The molecular formula is C18H22N4OS. The number of hydrogen-bond acceptors (Lipinski definition) is 4. The van der Waals surface area contributed by atoms with Crippen LogP contribution in [-0.4, -0.2) is 29.9 Å². The molecule has 1 aliphatic heterocycles. The molecule has 2 heterocycles. The summed E-state index contributed by atoms with van der Waals surface area (Å²) in [5, 5.41) is 9.24. The van der Waals surface area contributed by atoms with E-state index in [4.69, 9.17) is 0 Å². The fourth-order valence-electron chi connectivity index (χ4n) is 2.68. The molecule has 3 N–H and O–H groups in total. The average molecular weight is 342 g/mol. The van der Waals surface area contributed by atoms with Gasteiger partial charge in [0.15, 0.2) is 0 Å². The molecule has 5 nitrogen and oxygen atoms in total. The van der Waals surface area contributed by atoms with Crippen molar-refractivity contribution in [2.75, 3.05) is 24.2 Å². The van der Waals surface area contributed by atoms with Gasteiger partial charge in [0.05, 0.1) is 6.04 Å². The van der Waals surface area contributed by atoms with Gasteiger partial charge in [0, 0.05) is 29.9 Å². The second-order valence-electron chi connectivity index (χ2n) is 5.62. The fourth-order valence-corrected chi connectivity index (χ4v) is 3.80. The minimum atomic E-state index is -0.0976. The molecule has 1 aliphatic rings. The Bertz CT molecular complexity index is 665. The van der Waals surface area contributed by atoms with Crippen LogP contribution in [0.25, 0.3) is 0 Å². The third kappa shape index (κ3) is 4.64. The fraction of sp³-hybridized carbons (Fsp3) is 0.333. The molecule has 0 fully saturated rings. The molecule has 0 aliphatic carbocycles. The number of rotatable bonds is 6. The minimum absolute atomic E-state index is 0.0976. The maximum atomic E-state index is 12.1. The number of hydrogen-bond donors (Lipinski definition) is 3. The van der Waals surface area contributed by atoms with Gasteiger partial charge in [-0.2, -0.15) is 0 Å². The zero-order chi connectivity index (χ0) is 16.6. The zero-order valence-electron chi connectivity index (χ0n) is 13.5. The number of pyridine rings is 1. The molecule has 2 amide bonds. The van der Waals surface area contributed by atoms with Crippen molar-refractivity contribution in [2.45, 2.75) is 23.8 Å². The molecule has 0 bridgehead atoms. The standard InChI is InChI=1S/C18H22N4OS/c23-18(21-12-5-11-20-17-8-3-4-10-19-17)22-15-9-13-24-16-7-2-1-6-14(15)16/h1-4,6-8,10,15H,5,9,11-13H2,(H,19,20)(H2,21,22,23)/t15-/m0/s1. The van der Waals surface area contributed by atoms with Gasteiger partial charge in [0.1, 0.15) is 5.82 Å². The number of carbonyl (C=O) groups is 1. The van der Waals surface area contributed by atoms with Crippen molar-refractivity contribution in [2.24, 2.45) is 0 Å². The molecule has 6 heteroatoms. The Balaban J connectivity index is 1.37. The van der Waals surface area contributed by atoms with Crippen LogP contribution in [0, 0.1) is 0 Å². The Morgan fingerprint density at radius 1 is 1.17 bits per heavy atom. The minimum Gasteiger partial charge on any atom is -0.370 e. The van der Waals surface area contributed by atoms with Crippen LogP contribution in [0.3, 0.4) is 0 Å². The van der Waals surface area contributed by atoms with Crippen LogP contribution in [0.1, 0.15) is 24.4 Å². The molecule has 126 valence electrons. The average Bonchev–Trinajstić information content (AvgIpc) is 2.63. The molecule has 2 aromatic rings. The summed E-state index contributed by atoms with van der Waals surface area (Å²) in [6.45, 7) is 1.41. The first-order valence-corrected chi connectivity index (χ1v) is 9.22. The van der Waals surface area contributed by atoms with Gasteiger partial charge in [-0.1, -0.05) is 24.3 Å². The number of amides is 2. The van der Waals surface area contributed by atoms with Crippen LogP contribution in [0.5, 0.6) is 0 Å². The number of nitrogens with one attached hydrogen (secondary N) is 3. The van der Waals surface area contributed by atoms with Crippen LogP contribution in [0.15, 0.2) is 53.6 Å². The summed E-state index contributed by atoms with van der Waals surface area (Å²) in [4.78, 5) is 17.6. The van der Waals surface area contributed by atoms with Crippen molar-refractivity contribution in [1.29, 1.82) is 0 Å². The number of benzene rings is 1. The third-order valence-electron chi connectivity index (χ3n) is 3.87. The second-order valence-corrected chi connectivity index (χ2v) is 6.76. The highest BCUT2D eigenvalue weighted by Crippen LogP contribution is 2.35. The van der Waals surface area contributed by atoms with Crippen LogP contribution in [0.4, 0.5) is 10.6 Å². The maximum Gasteiger partial charge on any atom is 0.315 e.